The van der Waals surface area contributed by atoms with Gasteiger partial charge in [0.1, 0.15) is 16.8 Å². The third kappa shape index (κ3) is 2.70. The van der Waals surface area contributed by atoms with Crippen molar-refractivity contribution < 1.29 is 4.21 Å². The Kier molecular flexibility index (Phi) is 3.46. The SMILES string of the molecule is Cc1cc(N)cnc1NS(=O)C(C)C. The summed E-state index contributed by atoms with van der Waals surface area (Å²) in [6.45, 7) is 5.65. The molecule has 0 bridgehead atoms. The number of nitrogen functional groups attached to an aromatic ring is 1. The van der Waals surface area contributed by atoms with Crippen molar-refractivity contribution >= 4 is 22.5 Å². The summed E-state index contributed by atoms with van der Waals surface area (Å²) in [6, 6.07) is 1.80. The lowest BCUT2D eigenvalue weighted by Gasteiger charge is -2.10. The lowest BCUT2D eigenvalue weighted by molar-refractivity contribution is 0.680. The Morgan fingerprint density at radius 1 is 1.57 bits per heavy atom. The van der Waals surface area contributed by atoms with Gasteiger partial charge in [-0.3, -0.25) is 4.72 Å². The number of pyridine rings is 1. The van der Waals surface area contributed by atoms with E-state index in [9.17, 15) is 4.21 Å². The maximum absolute atomic E-state index is 11.5. The van der Waals surface area contributed by atoms with Gasteiger partial charge in [-0.15, -0.1) is 0 Å². The zero-order chi connectivity index (χ0) is 10.7. The van der Waals surface area contributed by atoms with E-state index in [0.717, 1.165) is 5.56 Å². The normalized spacial score (nSPS) is 12.9. The van der Waals surface area contributed by atoms with E-state index in [1.54, 1.807) is 12.3 Å². The second-order valence-electron chi connectivity index (χ2n) is 3.38. The molecule has 1 rings (SSSR count). The van der Waals surface area contributed by atoms with Crippen molar-refractivity contribution in [2.45, 2.75) is 26.0 Å². The Morgan fingerprint density at radius 2 is 2.21 bits per heavy atom. The van der Waals surface area contributed by atoms with Crippen LogP contribution in [0.3, 0.4) is 0 Å². The van der Waals surface area contributed by atoms with E-state index >= 15 is 0 Å². The Hall–Kier alpha value is -1.10. The van der Waals surface area contributed by atoms with Crippen LogP contribution in [0.25, 0.3) is 0 Å². The molecule has 0 spiro atoms. The molecule has 5 heteroatoms. The van der Waals surface area contributed by atoms with Gasteiger partial charge in [-0.25, -0.2) is 9.19 Å². The fourth-order valence-corrected chi connectivity index (χ4v) is 1.56. The third-order valence-corrected chi connectivity index (χ3v) is 2.98. The van der Waals surface area contributed by atoms with E-state index in [-0.39, 0.29) is 5.25 Å². The van der Waals surface area contributed by atoms with Crippen LogP contribution < -0.4 is 10.5 Å². The lowest BCUT2D eigenvalue weighted by atomic mass is 10.3. The number of nitrogens with two attached hydrogens (primary N) is 1. The molecule has 0 fully saturated rings. The van der Waals surface area contributed by atoms with Gasteiger partial charge in [0.25, 0.3) is 0 Å². The van der Waals surface area contributed by atoms with Gasteiger partial charge >= 0.3 is 0 Å². The van der Waals surface area contributed by atoms with Crippen molar-refractivity contribution in [3.05, 3.63) is 17.8 Å². The number of nitrogens with one attached hydrogen (secondary N) is 1. The number of hydrogen-bond acceptors (Lipinski definition) is 3. The average molecular weight is 213 g/mol. The highest BCUT2D eigenvalue weighted by Gasteiger charge is 2.07. The first-order chi connectivity index (χ1) is 6.50. The van der Waals surface area contributed by atoms with Crippen molar-refractivity contribution in [2.24, 2.45) is 0 Å². The fourth-order valence-electron chi connectivity index (χ4n) is 0.917. The van der Waals surface area contributed by atoms with E-state index in [0.29, 0.717) is 11.5 Å². The van der Waals surface area contributed by atoms with Crippen LogP contribution in [-0.2, 0) is 11.0 Å². The second-order valence-corrected chi connectivity index (χ2v) is 5.12. The predicted octanol–water partition coefficient (Wildman–Crippen LogP) is 1.46. The number of aryl methyl sites for hydroxylation is 1. The summed E-state index contributed by atoms with van der Waals surface area (Å²) in [7, 11) is -1.09. The summed E-state index contributed by atoms with van der Waals surface area (Å²) in [5.74, 6) is 0.631. The molecule has 1 heterocycles. The highest BCUT2D eigenvalue weighted by molar-refractivity contribution is 7.86. The topological polar surface area (TPSA) is 68.0 Å². The van der Waals surface area contributed by atoms with E-state index in [1.807, 2.05) is 20.8 Å². The molecule has 0 aliphatic heterocycles. The van der Waals surface area contributed by atoms with Crippen LogP contribution in [0.2, 0.25) is 0 Å². The Bertz CT molecular complexity index is 352. The van der Waals surface area contributed by atoms with Gasteiger partial charge in [-0.1, -0.05) is 0 Å². The average Bonchev–Trinajstić information content (AvgIpc) is 2.09. The molecule has 78 valence electrons. The van der Waals surface area contributed by atoms with E-state index in [4.69, 9.17) is 5.73 Å². The van der Waals surface area contributed by atoms with Gasteiger partial charge in [0.2, 0.25) is 0 Å². The minimum absolute atomic E-state index is 0.0637. The zero-order valence-corrected chi connectivity index (χ0v) is 9.39. The molecule has 3 N–H and O–H groups in total. The Labute approximate surface area is 86.5 Å². The number of nitrogens with zero attached hydrogens (tertiary/aromatic N) is 1. The molecule has 1 atom stereocenters. The second kappa shape index (κ2) is 4.41. The third-order valence-electron chi connectivity index (χ3n) is 1.72. The monoisotopic (exact) mass is 213 g/mol. The van der Waals surface area contributed by atoms with Gasteiger partial charge < -0.3 is 5.73 Å². The molecule has 0 aliphatic carbocycles. The van der Waals surface area contributed by atoms with Crippen LogP contribution in [0, 0.1) is 6.92 Å². The summed E-state index contributed by atoms with van der Waals surface area (Å²) in [5, 5.41) is 0.0637. The van der Waals surface area contributed by atoms with Gasteiger partial charge in [0.15, 0.2) is 0 Å². The fraction of sp³-hybridized carbons (Fsp3) is 0.444. The Balaban J connectivity index is 2.82. The summed E-state index contributed by atoms with van der Waals surface area (Å²) < 4.78 is 14.3. The minimum atomic E-state index is -1.09. The maximum Gasteiger partial charge on any atom is 0.140 e. The van der Waals surface area contributed by atoms with E-state index < -0.39 is 11.0 Å². The van der Waals surface area contributed by atoms with Gasteiger partial charge in [0, 0.05) is 5.25 Å². The van der Waals surface area contributed by atoms with E-state index in [1.165, 1.54) is 0 Å². The van der Waals surface area contributed by atoms with Crippen molar-refractivity contribution in [3.8, 4) is 0 Å². The Morgan fingerprint density at radius 3 is 2.71 bits per heavy atom. The summed E-state index contributed by atoms with van der Waals surface area (Å²) >= 11 is 0. The highest BCUT2D eigenvalue weighted by Crippen LogP contribution is 2.15. The van der Waals surface area contributed by atoms with Crippen LogP contribution in [0.1, 0.15) is 19.4 Å². The standard InChI is InChI=1S/C9H15N3OS/c1-6(2)14(13)12-9-7(3)4-8(10)5-11-9/h4-6H,10H2,1-3H3,(H,11,12). The minimum Gasteiger partial charge on any atom is -0.397 e. The number of hydrogen-bond donors (Lipinski definition) is 2. The van der Waals surface area contributed by atoms with Gasteiger partial charge in [0.05, 0.1) is 11.9 Å². The number of aromatic nitrogens is 1. The van der Waals surface area contributed by atoms with Crippen LogP contribution in [-0.4, -0.2) is 14.4 Å². The summed E-state index contributed by atoms with van der Waals surface area (Å²) in [4.78, 5) is 4.07. The number of anilines is 2. The van der Waals surface area contributed by atoms with Crippen LogP contribution in [0.5, 0.6) is 0 Å². The van der Waals surface area contributed by atoms with Gasteiger partial charge in [-0.05, 0) is 32.4 Å². The molecular weight excluding hydrogens is 198 g/mol. The zero-order valence-electron chi connectivity index (χ0n) is 8.57. The summed E-state index contributed by atoms with van der Waals surface area (Å²) in [5.41, 5.74) is 7.07. The lowest BCUT2D eigenvalue weighted by Crippen LogP contribution is -2.16. The first kappa shape index (κ1) is 11.0. The maximum atomic E-state index is 11.5. The molecule has 0 saturated carbocycles. The largest absolute Gasteiger partial charge is 0.397 e. The molecular formula is C9H15N3OS. The molecule has 0 radical (unpaired) electrons. The molecule has 1 aromatic heterocycles. The van der Waals surface area contributed by atoms with Crippen molar-refractivity contribution in [2.75, 3.05) is 10.5 Å². The van der Waals surface area contributed by atoms with E-state index in [2.05, 4.69) is 9.71 Å². The smallest absolute Gasteiger partial charge is 0.140 e. The molecule has 0 amide bonds. The molecule has 4 nitrogen and oxygen atoms in total. The molecule has 0 saturated heterocycles. The van der Waals surface area contributed by atoms with Crippen LogP contribution in [0.15, 0.2) is 12.3 Å². The number of rotatable bonds is 3. The molecule has 14 heavy (non-hydrogen) atoms. The van der Waals surface area contributed by atoms with Gasteiger partial charge in [-0.2, -0.15) is 0 Å². The molecule has 0 aromatic carbocycles. The first-order valence-electron chi connectivity index (χ1n) is 4.40. The summed E-state index contributed by atoms with van der Waals surface area (Å²) in [6.07, 6.45) is 1.55. The first-order valence-corrected chi connectivity index (χ1v) is 5.61. The molecule has 1 aromatic rings. The van der Waals surface area contributed by atoms with Crippen LogP contribution >= 0.6 is 0 Å². The van der Waals surface area contributed by atoms with Crippen molar-refractivity contribution in [1.29, 1.82) is 0 Å². The van der Waals surface area contributed by atoms with Crippen LogP contribution in [0.4, 0.5) is 11.5 Å². The van der Waals surface area contributed by atoms with Crippen molar-refractivity contribution in [1.82, 2.24) is 4.98 Å². The van der Waals surface area contributed by atoms with Crippen molar-refractivity contribution in [3.63, 3.8) is 0 Å². The molecule has 1 unspecified atom stereocenters. The highest BCUT2D eigenvalue weighted by atomic mass is 32.2. The predicted molar refractivity (Wildman–Crippen MR) is 60.3 cm³/mol. The quantitative estimate of drug-likeness (QED) is 0.798. The molecule has 0 aliphatic rings.